The van der Waals surface area contributed by atoms with Crippen molar-refractivity contribution in [3.8, 4) is 0 Å². The molecular weight excluding hydrogens is 416 g/mol. The van der Waals surface area contributed by atoms with Gasteiger partial charge < -0.3 is 4.90 Å². The van der Waals surface area contributed by atoms with Gasteiger partial charge in [-0.15, -0.1) is 11.3 Å². The van der Waals surface area contributed by atoms with Gasteiger partial charge in [0, 0.05) is 13.1 Å². The van der Waals surface area contributed by atoms with Crippen molar-refractivity contribution in [1.82, 2.24) is 4.90 Å². The van der Waals surface area contributed by atoms with Crippen LogP contribution in [-0.4, -0.2) is 34.0 Å². The highest BCUT2D eigenvalue weighted by Gasteiger charge is 2.35. The van der Waals surface area contributed by atoms with Gasteiger partial charge in [-0.05, 0) is 61.0 Å². The molecule has 30 heavy (non-hydrogen) atoms. The molecule has 152 valence electrons. The highest BCUT2D eigenvalue weighted by molar-refractivity contribution is 7.87. The topological polar surface area (TPSA) is 57.7 Å². The zero-order valence-corrected chi connectivity index (χ0v) is 18.3. The first-order valence-corrected chi connectivity index (χ1v) is 11.8. The molecule has 3 heterocycles. The Bertz CT molecular complexity index is 1200. The predicted molar refractivity (Wildman–Crippen MR) is 118 cm³/mol. The number of hydrogen-bond donors (Lipinski definition) is 0. The Balaban J connectivity index is 1.41. The van der Waals surface area contributed by atoms with E-state index in [0.29, 0.717) is 30.6 Å². The van der Waals surface area contributed by atoms with Gasteiger partial charge in [0.25, 0.3) is 11.8 Å². The molecule has 2 amide bonds. The van der Waals surface area contributed by atoms with Crippen molar-refractivity contribution in [3.63, 3.8) is 0 Å². The van der Waals surface area contributed by atoms with Crippen LogP contribution in [0.25, 0.3) is 0 Å². The molecule has 0 radical (unpaired) electrons. The van der Waals surface area contributed by atoms with Gasteiger partial charge in [0.05, 0.1) is 38.2 Å². The summed E-state index contributed by atoms with van der Waals surface area (Å²) in [5, 5.41) is 1.97. The number of amides is 2. The number of fused-ring (bicyclic) bond motifs is 3. The third-order valence-corrected chi connectivity index (χ3v) is 8.56. The van der Waals surface area contributed by atoms with E-state index >= 15 is 0 Å². The monoisotopic (exact) mass is 436 g/mol. The minimum atomic E-state index is -1.19. The number of benzene rings is 2. The Morgan fingerprint density at radius 2 is 1.57 bits per heavy atom. The van der Waals surface area contributed by atoms with Crippen LogP contribution < -0.4 is 4.90 Å². The maximum absolute atomic E-state index is 13.1. The fourth-order valence-electron chi connectivity index (χ4n) is 4.17. The second-order valence-electron chi connectivity index (χ2n) is 7.53. The van der Waals surface area contributed by atoms with Crippen LogP contribution in [-0.2, 0) is 10.8 Å². The summed E-state index contributed by atoms with van der Waals surface area (Å²) in [6.45, 7) is 5.09. The lowest BCUT2D eigenvalue weighted by molar-refractivity contribution is 0.0653. The van der Waals surface area contributed by atoms with Crippen molar-refractivity contribution in [2.24, 2.45) is 0 Å². The molecule has 0 bridgehead atoms. The molecule has 1 atom stereocenters. The average Bonchev–Trinajstić information content (AvgIpc) is 3.33. The van der Waals surface area contributed by atoms with Crippen LogP contribution in [0.3, 0.4) is 0 Å². The van der Waals surface area contributed by atoms with Crippen LogP contribution in [0.4, 0.5) is 11.4 Å². The van der Waals surface area contributed by atoms with Crippen LogP contribution in [0.15, 0.2) is 56.9 Å². The molecule has 5 rings (SSSR count). The smallest absolute Gasteiger partial charge is 0.261 e. The molecule has 7 heteroatoms. The SMILES string of the molecule is Cc1ccc2c(c1C)N(CCCN1C(=O)c3ccccc3C1=O)c1ccsc1S2=O. The number of thiophene rings is 1. The second kappa shape index (κ2) is 7.18. The van der Waals surface area contributed by atoms with Crippen LogP contribution in [0.5, 0.6) is 0 Å². The molecule has 2 aliphatic heterocycles. The molecular formula is C23H20N2O3S2. The molecule has 3 aromatic rings. The number of rotatable bonds is 4. The molecule has 0 fully saturated rings. The van der Waals surface area contributed by atoms with Crippen molar-refractivity contribution >= 4 is 45.3 Å². The van der Waals surface area contributed by atoms with Gasteiger partial charge in [0.2, 0.25) is 0 Å². The largest absolute Gasteiger partial charge is 0.339 e. The van der Waals surface area contributed by atoms with Crippen LogP contribution in [0.2, 0.25) is 0 Å². The number of anilines is 2. The summed E-state index contributed by atoms with van der Waals surface area (Å²) in [4.78, 5) is 29.6. The zero-order valence-electron chi connectivity index (χ0n) is 16.7. The number of carbonyl (C=O) groups excluding carboxylic acids is 2. The van der Waals surface area contributed by atoms with E-state index in [0.717, 1.165) is 31.6 Å². The van der Waals surface area contributed by atoms with Crippen molar-refractivity contribution < 1.29 is 13.8 Å². The van der Waals surface area contributed by atoms with Crippen molar-refractivity contribution in [3.05, 3.63) is 70.1 Å². The van der Waals surface area contributed by atoms with Gasteiger partial charge in [0.1, 0.15) is 4.21 Å². The average molecular weight is 437 g/mol. The number of imide groups is 1. The Morgan fingerprint density at radius 1 is 0.900 bits per heavy atom. The Morgan fingerprint density at radius 3 is 2.27 bits per heavy atom. The van der Waals surface area contributed by atoms with Crippen molar-refractivity contribution in [1.29, 1.82) is 0 Å². The molecule has 5 nitrogen and oxygen atoms in total. The second-order valence-corrected chi connectivity index (χ2v) is 10.1. The van der Waals surface area contributed by atoms with Crippen molar-refractivity contribution in [2.45, 2.75) is 29.4 Å². The number of aryl methyl sites for hydroxylation is 1. The minimum absolute atomic E-state index is 0.223. The Hall–Kier alpha value is -2.77. The van der Waals surface area contributed by atoms with E-state index in [1.807, 2.05) is 23.6 Å². The molecule has 0 saturated heterocycles. The molecule has 1 aromatic heterocycles. The molecule has 0 saturated carbocycles. The molecule has 2 aliphatic rings. The highest BCUT2D eigenvalue weighted by Crippen LogP contribution is 2.46. The maximum Gasteiger partial charge on any atom is 0.261 e. The lowest BCUT2D eigenvalue weighted by atomic mass is 10.1. The van der Waals surface area contributed by atoms with E-state index in [1.54, 1.807) is 24.3 Å². The van der Waals surface area contributed by atoms with E-state index in [2.05, 4.69) is 18.7 Å². The summed E-state index contributed by atoms with van der Waals surface area (Å²) in [6.07, 6.45) is 0.625. The van der Waals surface area contributed by atoms with Gasteiger partial charge in [-0.1, -0.05) is 18.2 Å². The lowest BCUT2D eigenvalue weighted by Crippen LogP contribution is -2.33. The zero-order chi connectivity index (χ0) is 21.0. The maximum atomic E-state index is 13.1. The van der Waals surface area contributed by atoms with Gasteiger partial charge in [-0.3, -0.25) is 14.5 Å². The standard InChI is InChI=1S/C23H20N2O3S2/c1-14-8-9-19-20(15(14)2)24(18-10-13-29-23(18)30(19)28)11-5-12-25-21(26)16-6-3-4-7-17(16)22(25)27/h3-4,6-10,13H,5,11-12H2,1-2H3. The molecule has 1 unspecified atom stereocenters. The summed E-state index contributed by atoms with van der Waals surface area (Å²) in [6, 6.07) is 12.9. The molecule has 2 aromatic carbocycles. The predicted octanol–water partition coefficient (Wildman–Crippen LogP) is 4.67. The van der Waals surface area contributed by atoms with Crippen LogP contribution >= 0.6 is 11.3 Å². The molecule has 0 N–H and O–H groups in total. The van der Waals surface area contributed by atoms with Gasteiger partial charge in [-0.2, -0.15) is 0 Å². The third-order valence-electron chi connectivity index (χ3n) is 5.85. The molecule has 0 spiro atoms. The van der Waals surface area contributed by atoms with Gasteiger partial charge in [0.15, 0.2) is 0 Å². The summed E-state index contributed by atoms with van der Waals surface area (Å²) >= 11 is 1.50. The third kappa shape index (κ3) is 2.76. The van der Waals surface area contributed by atoms with Crippen LogP contribution in [0.1, 0.15) is 38.3 Å². The minimum Gasteiger partial charge on any atom is -0.339 e. The van der Waals surface area contributed by atoms with E-state index in [9.17, 15) is 13.8 Å². The highest BCUT2D eigenvalue weighted by atomic mass is 32.2. The van der Waals surface area contributed by atoms with E-state index < -0.39 is 10.8 Å². The summed E-state index contributed by atoms with van der Waals surface area (Å²) in [5.41, 5.74) is 5.16. The Kier molecular flexibility index (Phi) is 4.60. The van der Waals surface area contributed by atoms with Crippen LogP contribution in [0, 0.1) is 13.8 Å². The van der Waals surface area contributed by atoms with E-state index in [1.165, 1.54) is 16.2 Å². The first kappa shape index (κ1) is 19.2. The number of hydrogen-bond acceptors (Lipinski definition) is 5. The summed E-state index contributed by atoms with van der Waals surface area (Å²) in [5.74, 6) is -0.446. The Labute approximate surface area is 181 Å². The van der Waals surface area contributed by atoms with Crippen molar-refractivity contribution in [2.75, 3.05) is 18.0 Å². The van der Waals surface area contributed by atoms with E-state index in [-0.39, 0.29) is 11.8 Å². The number of carbonyl (C=O) groups is 2. The fourth-order valence-corrected chi connectivity index (χ4v) is 6.77. The first-order chi connectivity index (χ1) is 14.5. The lowest BCUT2D eigenvalue weighted by Gasteiger charge is -2.33. The van der Waals surface area contributed by atoms with Gasteiger partial charge >= 0.3 is 0 Å². The first-order valence-electron chi connectivity index (χ1n) is 9.81. The summed E-state index contributed by atoms with van der Waals surface area (Å²) in [7, 11) is -1.19. The summed E-state index contributed by atoms with van der Waals surface area (Å²) < 4.78 is 13.9. The van der Waals surface area contributed by atoms with E-state index in [4.69, 9.17) is 0 Å². The fraction of sp³-hybridized carbons (Fsp3) is 0.217. The molecule has 0 aliphatic carbocycles. The van der Waals surface area contributed by atoms with Gasteiger partial charge in [-0.25, -0.2) is 4.21 Å². The number of nitrogens with zero attached hydrogens (tertiary/aromatic N) is 2. The normalized spacial score (nSPS) is 17.2. The quantitative estimate of drug-likeness (QED) is 0.558.